The van der Waals surface area contributed by atoms with E-state index in [4.69, 9.17) is 4.74 Å². The first-order chi connectivity index (χ1) is 15.2. The zero-order valence-corrected chi connectivity index (χ0v) is 16.9. The van der Waals surface area contributed by atoms with Crippen LogP contribution in [0.1, 0.15) is 11.1 Å². The first-order valence-corrected chi connectivity index (χ1v) is 10.6. The average Bonchev–Trinajstić information content (AvgIpc) is 3.52. The molecule has 31 heavy (non-hydrogen) atoms. The number of rotatable bonds is 4. The molecular weight excluding hydrogens is 420 g/mol. The first kappa shape index (κ1) is 18.2. The highest BCUT2D eigenvalue weighted by Crippen LogP contribution is 2.33. The van der Waals surface area contributed by atoms with E-state index in [1.807, 2.05) is 17.5 Å². The van der Waals surface area contributed by atoms with Crippen LogP contribution in [0.4, 0.5) is 14.7 Å². The maximum atomic E-state index is 14.5. The molecule has 6 nitrogen and oxygen atoms in total. The highest BCUT2D eigenvalue weighted by molar-refractivity contribution is 7.17. The molecule has 0 amide bonds. The highest BCUT2D eigenvalue weighted by Gasteiger charge is 2.20. The smallest absolute Gasteiger partial charge is 0.210 e. The topological polar surface area (TPSA) is 64.3 Å². The lowest BCUT2D eigenvalue weighted by molar-refractivity contribution is 0.356. The predicted molar refractivity (Wildman–Crippen MR) is 114 cm³/mol. The maximum Gasteiger partial charge on any atom is 0.210 e. The van der Waals surface area contributed by atoms with Crippen molar-refractivity contribution >= 4 is 33.0 Å². The number of thiophene rings is 1. The van der Waals surface area contributed by atoms with E-state index in [2.05, 4.69) is 20.5 Å². The minimum atomic E-state index is -0.284. The van der Waals surface area contributed by atoms with Crippen LogP contribution >= 0.6 is 11.3 Å². The largest absolute Gasteiger partial charge is 0.493 e. The van der Waals surface area contributed by atoms with Gasteiger partial charge in [-0.1, -0.05) is 0 Å². The van der Waals surface area contributed by atoms with Crippen LogP contribution in [0.2, 0.25) is 0 Å². The van der Waals surface area contributed by atoms with E-state index < -0.39 is 0 Å². The molecule has 0 radical (unpaired) electrons. The molecule has 0 fully saturated rings. The fraction of sp³-hybridized carbons (Fsp3) is 0.136. The molecule has 3 aromatic heterocycles. The Balaban J connectivity index is 1.38. The van der Waals surface area contributed by atoms with Gasteiger partial charge in [0.15, 0.2) is 5.65 Å². The van der Waals surface area contributed by atoms with Crippen molar-refractivity contribution < 1.29 is 13.5 Å². The molecule has 1 N–H and O–H groups in total. The molecule has 1 aliphatic rings. The van der Waals surface area contributed by atoms with E-state index in [9.17, 15) is 8.78 Å². The summed E-state index contributed by atoms with van der Waals surface area (Å²) in [4.78, 5) is 4.49. The number of fused-ring (bicyclic) bond motifs is 3. The highest BCUT2D eigenvalue weighted by atomic mass is 32.1. The van der Waals surface area contributed by atoms with Gasteiger partial charge in [0.25, 0.3) is 0 Å². The summed E-state index contributed by atoms with van der Waals surface area (Å²) in [7, 11) is 0. The van der Waals surface area contributed by atoms with E-state index in [-0.39, 0.29) is 18.2 Å². The zero-order chi connectivity index (χ0) is 20.9. The molecule has 1 aliphatic heterocycles. The second-order valence-corrected chi connectivity index (χ2v) is 8.19. The van der Waals surface area contributed by atoms with Gasteiger partial charge in [0.1, 0.15) is 23.7 Å². The summed E-state index contributed by atoms with van der Waals surface area (Å²) in [6.07, 6.45) is 3.84. The van der Waals surface area contributed by atoms with Gasteiger partial charge >= 0.3 is 0 Å². The van der Waals surface area contributed by atoms with Gasteiger partial charge < -0.3 is 10.1 Å². The van der Waals surface area contributed by atoms with E-state index in [0.717, 1.165) is 16.7 Å². The summed E-state index contributed by atoms with van der Waals surface area (Å²) in [6.45, 7) is 0.799. The third-order valence-corrected chi connectivity index (χ3v) is 6.45. The van der Waals surface area contributed by atoms with Gasteiger partial charge in [-0.25, -0.2) is 13.8 Å². The van der Waals surface area contributed by atoms with Crippen molar-refractivity contribution in [3.8, 4) is 16.9 Å². The Morgan fingerprint density at radius 1 is 1.16 bits per heavy atom. The van der Waals surface area contributed by atoms with Crippen molar-refractivity contribution in [2.75, 3.05) is 11.9 Å². The van der Waals surface area contributed by atoms with E-state index in [1.54, 1.807) is 16.7 Å². The monoisotopic (exact) mass is 435 g/mol. The second-order valence-electron chi connectivity index (χ2n) is 7.27. The van der Waals surface area contributed by atoms with E-state index in [0.29, 0.717) is 46.0 Å². The molecule has 0 spiro atoms. The number of hydrogen-bond acceptors (Lipinski definition) is 6. The Bertz CT molecular complexity index is 1460. The van der Waals surface area contributed by atoms with Crippen LogP contribution < -0.4 is 10.1 Å². The summed E-state index contributed by atoms with van der Waals surface area (Å²) in [6, 6.07) is 8.36. The van der Waals surface area contributed by atoms with Gasteiger partial charge in [-0.2, -0.15) is 0 Å². The predicted octanol–water partition coefficient (Wildman–Crippen LogP) is 4.83. The molecule has 0 unspecified atom stereocenters. The second kappa shape index (κ2) is 6.98. The van der Waals surface area contributed by atoms with Crippen LogP contribution in [-0.4, -0.2) is 26.2 Å². The molecule has 0 saturated heterocycles. The van der Waals surface area contributed by atoms with Crippen molar-refractivity contribution in [3.63, 3.8) is 0 Å². The van der Waals surface area contributed by atoms with Crippen LogP contribution in [0.25, 0.3) is 26.9 Å². The lowest BCUT2D eigenvalue weighted by atomic mass is 10.0. The SMILES string of the molecule is Fc1ccc2c(c1CNc1ncc(-c3cc(F)c4sccc4c3)c3nncn13)CCO2. The van der Waals surface area contributed by atoms with Crippen molar-refractivity contribution in [2.45, 2.75) is 13.0 Å². The van der Waals surface area contributed by atoms with Crippen LogP contribution in [0, 0.1) is 11.6 Å². The molecule has 154 valence electrons. The van der Waals surface area contributed by atoms with Gasteiger partial charge in [-0.3, -0.25) is 4.40 Å². The van der Waals surface area contributed by atoms with Crippen molar-refractivity contribution in [1.82, 2.24) is 19.6 Å². The lowest BCUT2D eigenvalue weighted by Gasteiger charge is -2.12. The van der Waals surface area contributed by atoms with Gasteiger partial charge in [0, 0.05) is 35.9 Å². The Morgan fingerprint density at radius 3 is 3.03 bits per heavy atom. The molecule has 0 saturated carbocycles. The standard InChI is InChI=1S/C22H15F2N5OS/c23-17-1-2-19-14(3-5-30-19)16(17)10-26-22-25-9-15(21-28-27-11-29(21)22)13-7-12-4-6-31-20(12)18(24)8-13/h1-2,4,6-9,11H,3,5,10H2,(H,25,26). The summed E-state index contributed by atoms with van der Waals surface area (Å²) in [5, 5.41) is 14.1. The number of nitrogens with one attached hydrogen (secondary N) is 1. The van der Waals surface area contributed by atoms with Crippen molar-refractivity contribution in [3.05, 3.63) is 71.0 Å². The quantitative estimate of drug-likeness (QED) is 0.438. The van der Waals surface area contributed by atoms with Crippen molar-refractivity contribution in [1.29, 1.82) is 0 Å². The molecule has 0 atom stereocenters. The number of benzene rings is 2. The molecule has 0 aliphatic carbocycles. The molecular formula is C22H15F2N5OS. The Morgan fingerprint density at radius 2 is 2.10 bits per heavy atom. The van der Waals surface area contributed by atoms with Gasteiger partial charge in [-0.15, -0.1) is 21.5 Å². The molecule has 6 rings (SSSR count). The number of ether oxygens (including phenoxy) is 1. The number of aromatic nitrogens is 4. The van der Waals surface area contributed by atoms with E-state index >= 15 is 0 Å². The molecule has 0 bridgehead atoms. The number of halogens is 2. The van der Waals surface area contributed by atoms with Crippen LogP contribution in [-0.2, 0) is 13.0 Å². The van der Waals surface area contributed by atoms with Gasteiger partial charge in [-0.05, 0) is 46.7 Å². The number of hydrogen-bond donors (Lipinski definition) is 1. The fourth-order valence-electron chi connectivity index (χ4n) is 4.02. The van der Waals surface area contributed by atoms with Crippen molar-refractivity contribution in [2.24, 2.45) is 0 Å². The van der Waals surface area contributed by atoms with Gasteiger partial charge in [0.05, 0.1) is 11.3 Å². The summed E-state index contributed by atoms with van der Waals surface area (Å²) >= 11 is 1.37. The summed E-state index contributed by atoms with van der Waals surface area (Å²) in [5.41, 5.74) is 3.31. The number of anilines is 1. The minimum Gasteiger partial charge on any atom is -0.493 e. The molecule has 2 aromatic carbocycles. The van der Waals surface area contributed by atoms with E-state index in [1.165, 1.54) is 29.8 Å². The average molecular weight is 435 g/mol. The zero-order valence-electron chi connectivity index (χ0n) is 16.1. The minimum absolute atomic E-state index is 0.244. The van der Waals surface area contributed by atoms with Crippen LogP contribution in [0.3, 0.4) is 0 Å². The Kier molecular flexibility index (Phi) is 4.10. The molecule has 9 heteroatoms. The third-order valence-electron chi connectivity index (χ3n) is 5.51. The third kappa shape index (κ3) is 2.92. The number of nitrogens with zero attached hydrogens (tertiary/aromatic N) is 4. The summed E-state index contributed by atoms with van der Waals surface area (Å²) < 4.78 is 36.8. The lowest BCUT2D eigenvalue weighted by Crippen LogP contribution is -2.09. The maximum absolute atomic E-state index is 14.5. The Labute approximate surface area is 179 Å². The Hall–Kier alpha value is -3.59. The fourth-order valence-corrected chi connectivity index (χ4v) is 4.81. The van der Waals surface area contributed by atoms with Gasteiger partial charge in [0.2, 0.25) is 5.95 Å². The molecule has 4 heterocycles. The molecule has 5 aromatic rings. The van der Waals surface area contributed by atoms with Crippen LogP contribution in [0.15, 0.2) is 48.2 Å². The first-order valence-electron chi connectivity index (χ1n) is 9.72. The normalized spacial score (nSPS) is 13.0. The summed E-state index contributed by atoms with van der Waals surface area (Å²) in [5.74, 6) is 0.629. The van der Waals surface area contributed by atoms with Crippen LogP contribution in [0.5, 0.6) is 5.75 Å².